The molecule has 0 bridgehead atoms. The minimum absolute atomic E-state index is 0.177. The van der Waals surface area contributed by atoms with E-state index in [1.54, 1.807) is 13.0 Å². The normalized spacial score (nSPS) is 19.8. The van der Waals surface area contributed by atoms with Crippen LogP contribution in [-0.2, 0) is 16.0 Å². The predicted molar refractivity (Wildman–Crippen MR) is 51.5 cm³/mol. The second kappa shape index (κ2) is 3.88. The predicted octanol–water partition coefficient (Wildman–Crippen LogP) is 1.59. The van der Waals surface area contributed by atoms with E-state index in [1.807, 2.05) is 0 Å². The summed E-state index contributed by atoms with van der Waals surface area (Å²) in [7, 11) is 0. The molecule has 15 heavy (non-hydrogen) atoms. The molecular weight excluding hydrogens is 196 g/mol. The first kappa shape index (κ1) is 9.96. The molecule has 1 aromatic heterocycles. The Balaban J connectivity index is 2.20. The molecule has 1 atom stereocenters. The number of carbonyl (C=O) groups is 2. The lowest BCUT2D eigenvalue weighted by atomic mass is 9.87. The smallest absolute Gasteiger partial charge is 0.316 e. The molecule has 1 heterocycles. The van der Waals surface area contributed by atoms with Crippen LogP contribution < -0.4 is 0 Å². The van der Waals surface area contributed by atoms with E-state index in [9.17, 15) is 9.59 Å². The van der Waals surface area contributed by atoms with Gasteiger partial charge in [0.15, 0.2) is 5.78 Å². The third kappa shape index (κ3) is 1.67. The zero-order chi connectivity index (χ0) is 10.8. The molecule has 2 rings (SSSR count). The van der Waals surface area contributed by atoms with Crippen molar-refractivity contribution in [3.05, 3.63) is 23.7 Å². The third-order valence-electron chi connectivity index (χ3n) is 2.56. The topological polar surface area (TPSA) is 56.5 Å². The Morgan fingerprint density at radius 3 is 3.20 bits per heavy atom. The van der Waals surface area contributed by atoms with Gasteiger partial charge >= 0.3 is 5.97 Å². The minimum Gasteiger partial charge on any atom is -0.469 e. The molecule has 0 saturated carbocycles. The van der Waals surface area contributed by atoms with Gasteiger partial charge in [-0.2, -0.15) is 0 Å². The van der Waals surface area contributed by atoms with Crippen LogP contribution in [0, 0.1) is 5.92 Å². The van der Waals surface area contributed by atoms with Gasteiger partial charge in [-0.25, -0.2) is 0 Å². The molecule has 0 N–H and O–H groups in total. The number of ether oxygens (including phenoxy) is 1. The van der Waals surface area contributed by atoms with E-state index >= 15 is 0 Å². The Hall–Kier alpha value is -1.58. The summed E-state index contributed by atoms with van der Waals surface area (Å²) >= 11 is 0. The first-order valence-corrected chi connectivity index (χ1v) is 5.01. The lowest BCUT2D eigenvalue weighted by Gasteiger charge is -2.18. The number of esters is 1. The molecule has 1 unspecified atom stereocenters. The van der Waals surface area contributed by atoms with Gasteiger partial charge in [0.2, 0.25) is 0 Å². The molecule has 80 valence electrons. The highest BCUT2D eigenvalue weighted by Crippen LogP contribution is 2.27. The number of hydrogen-bond donors (Lipinski definition) is 0. The van der Waals surface area contributed by atoms with Crippen molar-refractivity contribution in [1.29, 1.82) is 0 Å². The van der Waals surface area contributed by atoms with Crippen LogP contribution in [0.3, 0.4) is 0 Å². The molecule has 1 aliphatic rings. The zero-order valence-electron chi connectivity index (χ0n) is 8.49. The minimum atomic E-state index is -0.643. The van der Waals surface area contributed by atoms with E-state index in [4.69, 9.17) is 9.15 Å². The average Bonchev–Trinajstić information content (AvgIpc) is 2.67. The summed E-state index contributed by atoms with van der Waals surface area (Å²) in [6, 6.07) is 1.61. The quantitative estimate of drug-likeness (QED) is 0.547. The average molecular weight is 208 g/mol. The SMILES string of the molecule is CCOC(=O)C1CCc2occc2C1=O. The van der Waals surface area contributed by atoms with Gasteiger partial charge in [0.05, 0.1) is 18.4 Å². The van der Waals surface area contributed by atoms with E-state index in [0.717, 1.165) is 0 Å². The molecule has 1 aromatic rings. The monoisotopic (exact) mass is 208 g/mol. The number of aryl methyl sites for hydroxylation is 1. The van der Waals surface area contributed by atoms with Crippen molar-refractivity contribution in [3.63, 3.8) is 0 Å². The summed E-state index contributed by atoms with van der Waals surface area (Å²) in [6.45, 7) is 2.04. The maximum Gasteiger partial charge on any atom is 0.316 e. The maximum atomic E-state index is 11.8. The Kier molecular flexibility index (Phi) is 2.58. The first-order chi connectivity index (χ1) is 7.24. The van der Waals surface area contributed by atoms with Gasteiger partial charge in [0, 0.05) is 6.42 Å². The lowest BCUT2D eigenvalue weighted by Crippen LogP contribution is -2.30. The zero-order valence-corrected chi connectivity index (χ0v) is 8.49. The Bertz CT molecular complexity index is 391. The van der Waals surface area contributed by atoms with E-state index in [-0.39, 0.29) is 5.78 Å². The van der Waals surface area contributed by atoms with Gasteiger partial charge in [-0.1, -0.05) is 0 Å². The summed E-state index contributed by atoms with van der Waals surface area (Å²) in [4.78, 5) is 23.3. The van der Waals surface area contributed by atoms with E-state index < -0.39 is 11.9 Å². The van der Waals surface area contributed by atoms with Crippen molar-refractivity contribution in [2.75, 3.05) is 6.61 Å². The van der Waals surface area contributed by atoms with Crippen LogP contribution in [0.15, 0.2) is 16.7 Å². The van der Waals surface area contributed by atoms with Crippen LogP contribution >= 0.6 is 0 Å². The van der Waals surface area contributed by atoms with Crippen molar-refractivity contribution in [2.45, 2.75) is 19.8 Å². The molecule has 0 radical (unpaired) electrons. The van der Waals surface area contributed by atoms with Crippen LogP contribution in [0.5, 0.6) is 0 Å². The second-order valence-corrected chi connectivity index (χ2v) is 3.47. The van der Waals surface area contributed by atoms with Gasteiger partial charge in [-0.05, 0) is 19.4 Å². The van der Waals surface area contributed by atoms with Crippen molar-refractivity contribution in [3.8, 4) is 0 Å². The molecule has 0 fully saturated rings. The van der Waals surface area contributed by atoms with Crippen molar-refractivity contribution in [1.82, 2.24) is 0 Å². The largest absolute Gasteiger partial charge is 0.469 e. The van der Waals surface area contributed by atoms with E-state index in [1.165, 1.54) is 6.26 Å². The molecular formula is C11H12O4. The van der Waals surface area contributed by atoms with Crippen LogP contribution in [0.2, 0.25) is 0 Å². The van der Waals surface area contributed by atoms with Gasteiger partial charge in [-0.3, -0.25) is 9.59 Å². The van der Waals surface area contributed by atoms with E-state index in [0.29, 0.717) is 30.8 Å². The van der Waals surface area contributed by atoms with Gasteiger partial charge < -0.3 is 9.15 Å². The Labute approximate surface area is 87.2 Å². The number of fused-ring (bicyclic) bond motifs is 1. The van der Waals surface area contributed by atoms with Crippen LogP contribution in [0.4, 0.5) is 0 Å². The standard InChI is InChI=1S/C11H12O4/c1-2-14-11(13)8-3-4-9-7(10(8)12)5-6-15-9/h5-6,8H,2-4H2,1H3. The van der Waals surface area contributed by atoms with Crippen molar-refractivity contribution < 1.29 is 18.7 Å². The molecule has 0 saturated heterocycles. The summed E-state index contributed by atoms with van der Waals surface area (Å²) in [5, 5.41) is 0. The number of ketones is 1. The lowest BCUT2D eigenvalue weighted by molar-refractivity contribution is -0.146. The third-order valence-corrected chi connectivity index (χ3v) is 2.56. The fourth-order valence-corrected chi connectivity index (χ4v) is 1.82. The second-order valence-electron chi connectivity index (χ2n) is 3.47. The summed E-state index contributed by atoms with van der Waals surface area (Å²) in [5.74, 6) is -0.562. The maximum absolute atomic E-state index is 11.8. The number of carbonyl (C=O) groups excluding carboxylic acids is 2. The Morgan fingerprint density at radius 1 is 1.67 bits per heavy atom. The molecule has 4 nitrogen and oxygen atoms in total. The van der Waals surface area contributed by atoms with Crippen molar-refractivity contribution in [2.24, 2.45) is 5.92 Å². The van der Waals surface area contributed by atoms with Crippen LogP contribution in [0.25, 0.3) is 0 Å². The van der Waals surface area contributed by atoms with E-state index in [2.05, 4.69) is 0 Å². The number of rotatable bonds is 2. The Morgan fingerprint density at radius 2 is 2.47 bits per heavy atom. The number of furan rings is 1. The molecule has 0 aromatic carbocycles. The molecule has 4 heteroatoms. The summed E-state index contributed by atoms with van der Waals surface area (Å²) < 4.78 is 9.99. The summed E-state index contributed by atoms with van der Waals surface area (Å²) in [6.07, 6.45) is 2.59. The van der Waals surface area contributed by atoms with Gasteiger partial charge in [-0.15, -0.1) is 0 Å². The highest BCUT2D eigenvalue weighted by molar-refractivity contribution is 6.09. The molecule has 0 amide bonds. The van der Waals surface area contributed by atoms with Gasteiger partial charge in [0.25, 0.3) is 0 Å². The number of Topliss-reactive ketones (excluding diaryl/α,β-unsaturated/α-hetero) is 1. The highest BCUT2D eigenvalue weighted by atomic mass is 16.5. The van der Waals surface area contributed by atoms with Crippen molar-refractivity contribution >= 4 is 11.8 Å². The van der Waals surface area contributed by atoms with Crippen LogP contribution in [0.1, 0.15) is 29.5 Å². The molecule has 0 aliphatic heterocycles. The molecule has 0 spiro atoms. The highest BCUT2D eigenvalue weighted by Gasteiger charge is 2.35. The summed E-state index contributed by atoms with van der Waals surface area (Å²) in [5.41, 5.74) is 0.527. The van der Waals surface area contributed by atoms with Gasteiger partial charge in [0.1, 0.15) is 11.7 Å². The van der Waals surface area contributed by atoms with Crippen LogP contribution in [-0.4, -0.2) is 18.4 Å². The first-order valence-electron chi connectivity index (χ1n) is 5.01. The fourth-order valence-electron chi connectivity index (χ4n) is 1.82. The number of hydrogen-bond acceptors (Lipinski definition) is 4. The fraction of sp³-hybridized carbons (Fsp3) is 0.455. The molecule has 1 aliphatic carbocycles.